The lowest BCUT2D eigenvalue weighted by Gasteiger charge is -2.35. The molecule has 7 nitrogen and oxygen atoms in total. The maximum atomic E-state index is 11.7. The quantitative estimate of drug-likeness (QED) is 0.732. The van der Waals surface area contributed by atoms with Gasteiger partial charge in [-0.2, -0.15) is 5.10 Å². The molecule has 2 aliphatic rings. The van der Waals surface area contributed by atoms with Crippen LogP contribution >= 0.6 is 0 Å². The van der Waals surface area contributed by atoms with E-state index >= 15 is 0 Å². The molecule has 0 aliphatic carbocycles. The van der Waals surface area contributed by atoms with Crippen molar-refractivity contribution in [3.05, 3.63) is 29.8 Å². The van der Waals surface area contributed by atoms with Crippen LogP contribution in [0.2, 0.25) is 0 Å². The number of nitrogens with one attached hydrogen (secondary N) is 1. The van der Waals surface area contributed by atoms with Crippen molar-refractivity contribution in [3.63, 3.8) is 0 Å². The molecular formula is C12H9N4O3-. The zero-order valence-electron chi connectivity index (χ0n) is 9.74. The monoisotopic (exact) mass is 257 g/mol. The van der Waals surface area contributed by atoms with E-state index in [9.17, 15) is 14.7 Å². The van der Waals surface area contributed by atoms with Gasteiger partial charge in [-0.05, 0) is 12.1 Å². The Hall–Kier alpha value is -2.70. The number of para-hydroxylation sites is 1. The molecule has 0 aromatic heterocycles. The van der Waals surface area contributed by atoms with Crippen molar-refractivity contribution in [2.24, 2.45) is 10.1 Å². The predicted molar refractivity (Wildman–Crippen MR) is 64.5 cm³/mol. The van der Waals surface area contributed by atoms with Crippen molar-refractivity contribution >= 4 is 29.7 Å². The van der Waals surface area contributed by atoms with E-state index in [0.29, 0.717) is 5.84 Å². The lowest BCUT2D eigenvalue weighted by Crippen LogP contribution is -2.55. The number of amidine groups is 1. The molecule has 1 amide bonds. The fourth-order valence-electron chi connectivity index (χ4n) is 2.10. The van der Waals surface area contributed by atoms with Crippen LogP contribution in [0.25, 0.3) is 0 Å². The number of carboxylic acids is 1. The number of hydrogen-bond donors (Lipinski definition) is 1. The maximum absolute atomic E-state index is 11.7. The summed E-state index contributed by atoms with van der Waals surface area (Å²) in [5, 5.41) is 14.7. The Balaban J connectivity index is 2.04. The fraction of sp³-hybridized carbons (Fsp3) is 0.167. The molecular weight excluding hydrogens is 248 g/mol. The third kappa shape index (κ3) is 1.85. The summed E-state index contributed by atoms with van der Waals surface area (Å²) in [5.41, 5.74) is 3.80. The van der Waals surface area contributed by atoms with Crippen molar-refractivity contribution in [3.8, 4) is 0 Å². The summed E-state index contributed by atoms with van der Waals surface area (Å²) in [6.07, 6.45) is 1.01. The van der Waals surface area contributed by atoms with Gasteiger partial charge in [0.2, 0.25) is 0 Å². The fourth-order valence-corrected chi connectivity index (χ4v) is 2.10. The van der Waals surface area contributed by atoms with Gasteiger partial charge in [0.1, 0.15) is 6.04 Å². The second-order valence-corrected chi connectivity index (χ2v) is 4.17. The number of carbonyl (C=O) groups is 2. The minimum atomic E-state index is -1.30. The summed E-state index contributed by atoms with van der Waals surface area (Å²) in [4.78, 5) is 28.1. The van der Waals surface area contributed by atoms with E-state index in [-0.39, 0.29) is 0 Å². The number of carbonyl (C=O) groups excluding carboxylic acids is 2. The molecule has 0 spiro atoms. The van der Waals surface area contributed by atoms with Gasteiger partial charge in [-0.25, -0.2) is 10.4 Å². The van der Waals surface area contributed by atoms with Crippen LogP contribution in [-0.4, -0.2) is 35.0 Å². The molecule has 1 aromatic carbocycles. The molecule has 0 bridgehead atoms. The van der Waals surface area contributed by atoms with Gasteiger partial charge in [0.05, 0.1) is 12.0 Å². The molecule has 3 rings (SSSR count). The molecule has 19 heavy (non-hydrogen) atoms. The molecule has 96 valence electrons. The number of carboxylic acid groups (broad SMARTS) is 1. The normalized spacial score (nSPS) is 20.2. The first-order valence-corrected chi connectivity index (χ1v) is 5.66. The number of benzene rings is 1. The molecule has 1 atom stereocenters. The number of fused-ring (bicyclic) bond motifs is 3. The molecule has 0 radical (unpaired) electrons. The highest BCUT2D eigenvalue weighted by Crippen LogP contribution is 2.26. The molecule has 0 saturated heterocycles. The molecule has 1 aromatic rings. The summed E-state index contributed by atoms with van der Waals surface area (Å²) in [6, 6.07) is 6.40. The van der Waals surface area contributed by atoms with Gasteiger partial charge in [0, 0.05) is 18.0 Å². The number of rotatable bonds is 2. The van der Waals surface area contributed by atoms with Crippen LogP contribution in [0, 0.1) is 0 Å². The van der Waals surface area contributed by atoms with Crippen molar-refractivity contribution in [1.29, 1.82) is 0 Å². The van der Waals surface area contributed by atoms with Crippen molar-refractivity contribution in [2.45, 2.75) is 12.5 Å². The predicted octanol–water partition coefficient (Wildman–Crippen LogP) is -1.04. The molecule has 7 heteroatoms. The number of hydrogen-bond acceptors (Lipinski definition) is 6. The molecule has 1 N–H and O–H groups in total. The van der Waals surface area contributed by atoms with Gasteiger partial charge in [0.25, 0.3) is 5.91 Å². The minimum Gasteiger partial charge on any atom is -0.550 e. The highest BCUT2D eigenvalue weighted by molar-refractivity contribution is 6.14. The third-order valence-corrected chi connectivity index (χ3v) is 2.98. The van der Waals surface area contributed by atoms with Crippen molar-refractivity contribution < 1.29 is 14.7 Å². The van der Waals surface area contributed by atoms with E-state index in [1.807, 2.05) is 24.3 Å². The largest absolute Gasteiger partial charge is 0.550 e. The van der Waals surface area contributed by atoms with Gasteiger partial charge in [-0.15, -0.1) is 0 Å². The van der Waals surface area contributed by atoms with Crippen molar-refractivity contribution in [1.82, 2.24) is 10.3 Å². The van der Waals surface area contributed by atoms with Gasteiger partial charge >= 0.3 is 0 Å². The Morgan fingerprint density at radius 1 is 1.42 bits per heavy atom. The zero-order valence-corrected chi connectivity index (χ0v) is 9.74. The third-order valence-electron chi connectivity index (χ3n) is 2.98. The number of aliphatic imine (C=N–C) groups is 1. The van der Waals surface area contributed by atoms with Crippen molar-refractivity contribution in [2.75, 3.05) is 0 Å². The molecule has 2 aliphatic heterocycles. The van der Waals surface area contributed by atoms with Crippen LogP contribution in [0.4, 0.5) is 5.69 Å². The summed E-state index contributed by atoms with van der Waals surface area (Å²) in [5.74, 6) is -1.30. The Morgan fingerprint density at radius 3 is 3.00 bits per heavy atom. The summed E-state index contributed by atoms with van der Waals surface area (Å²) in [7, 11) is 0. The first-order chi connectivity index (χ1) is 9.16. The van der Waals surface area contributed by atoms with E-state index in [1.54, 1.807) is 0 Å². The smallest absolute Gasteiger partial charge is 0.263 e. The van der Waals surface area contributed by atoms with Gasteiger partial charge < -0.3 is 14.8 Å². The summed E-state index contributed by atoms with van der Waals surface area (Å²) < 4.78 is 0. The maximum Gasteiger partial charge on any atom is 0.263 e. The first kappa shape index (κ1) is 11.4. The average Bonchev–Trinajstić information content (AvgIpc) is 2.41. The van der Waals surface area contributed by atoms with Crippen LogP contribution in [0.3, 0.4) is 0 Å². The summed E-state index contributed by atoms with van der Waals surface area (Å²) in [6.45, 7) is 0. The SMILES string of the molecule is O=C([O-])C[C@@H]1C(=O)NN=C2c3ccccc3N=CN21. The van der Waals surface area contributed by atoms with E-state index in [2.05, 4.69) is 15.5 Å². The lowest BCUT2D eigenvalue weighted by atomic mass is 10.1. The van der Waals surface area contributed by atoms with Crippen LogP contribution < -0.4 is 10.5 Å². The molecule has 2 heterocycles. The van der Waals surface area contributed by atoms with Crippen LogP contribution in [0.1, 0.15) is 12.0 Å². The van der Waals surface area contributed by atoms with Gasteiger partial charge in [-0.3, -0.25) is 4.79 Å². The Labute approximate surface area is 108 Å². The highest BCUT2D eigenvalue weighted by Gasteiger charge is 2.34. The minimum absolute atomic E-state index is 0.418. The molecule has 0 unspecified atom stereocenters. The Bertz CT molecular complexity index is 623. The van der Waals surface area contributed by atoms with Gasteiger partial charge in [0.15, 0.2) is 5.84 Å². The highest BCUT2D eigenvalue weighted by atomic mass is 16.4. The lowest BCUT2D eigenvalue weighted by molar-refractivity contribution is -0.306. The van der Waals surface area contributed by atoms with E-state index < -0.39 is 24.3 Å². The van der Waals surface area contributed by atoms with Gasteiger partial charge in [-0.1, -0.05) is 12.1 Å². The second kappa shape index (κ2) is 4.20. The second-order valence-electron chi connectivity index (χ2n) is 4.17. The molecule has 0 fully saturated rings. The van der Waals surface area contributed by atoms with Crippen LogP contribution in [-0.2, 0) is 9.59 Å². The van der Waals surface area contributed by atoms with E-state index in [1.165, 1.54) is 11.2 Å². The number of amides is 1. The van der Waals surface area contributed by atoms with Crippen LogP contribution in [0.15, 0.2) is 34.4 Å². The molecule has 0 saturated carbocycles. The van der Waals surface area contributed by atoms with E-state index in [4.69, 9.17) is 0 Å². The first-order valence-electron chi connectivity index (χ1n) is 5.66. The Morgan fingerprint density at radius 2 is 2.21 bits per heavy atom. The standard InChI is InChI=1S/C12H10N4O3/c17-10(18)5-9-12(19)15-14-11-7-3-1-2-4-8(7)13-6-16(9)11/h1-4,6,9H,5H2,(H,15,19)(H,17,18)/p-1/t9-/m1/s1. The topological polar surface area (TPSA) is 97.2 Å². The zero-order chi connectivity index (χ0) is 13.4. The number of hydrazone groups is 1. The van der Waals surface area contributed by atoms with E-state index in [0.717, 1.165) is 11.3 Å². The number of nitrogens with zero attached hydrogens (tertiary/aromatic N) is 3. The Kier molecular flexibility index (Phi) is 2.52. The van der Waals surface area contributed by atoms with Crippen LogP contribution in [0.5, 0.6) is 0 Å². The number of aliphatic carboxylic acids is 1. The average molecular weight is 257 g/mol. The summed E-state index contributed by atoms with van der Waals surface area (Å²) >= 11 is 0.